The Hall–Kier alpha value is -1.35. The van der Waals surface area contributed by atoms with E-state index in [0.29, 0.717) is 12.1 Å². The Labute approximate surface area is 115 Å². The van der Waals surface area contributed by atoms with Crippen LogP contribution >= 0.6 is 15.9 Å². The lowest BCUT2D eigenvalue weighted by atomic mass is 10.1. The fourth-order valence-corrected chi connectivity index (χ4v) is 2.33. The fourth-order valence-electron chi connectivity index (χ4n) is 1.70. The molecular weight excluding hydrogens is 293 g/mol. The summed E-state index contributed by atoms with van der Waals surface area (Å²) in [5.41, 5.74) is 3.83. The Morgan fingerprint density at radius 1 is 1.11 bits per heavy atom. The van der Waals surface area contributed by atoms with Gasteiger partial charge in [0, 0.05) is 16.7 Å². The number of anilines is 1. The van der Waals surface area contributed by atoms with Gasteiger partial charge in [-0.1, -0.05) is 34.1 Å². The Kier molecular flexibility index (Phi) is 4.02. The van der Waals surface area contributed by atoms with E-state index in [1.54, 1.807) is 13.0 Å². The SMILES string of the molecule is Cc1ccc(CNc2ccc(C)c(F)c2)c(Br)c1. The van der Waals surface area contributed by atoms with Crippen LogP contribution in [-0.2, 0) is 6.54 Å². The molecule has 0 aliphatic carbocycles. The minimum atomic E-state index is -0.178. The van der Waals surface area contributed by atoms with Gasteiger partial charge in [0.2, 0.25) is 0 Å². The molecule has 3 heteroatoms. The van der Waals surface area contributed by atoms with E-state index < -0.39 is 0 Å². The summed E-state index contributed by atoms with van der Waals surface area (Å²) in [6, 6.07) is 11.4. The predicted molar refractivity (Wildman–Crippen MR) is 77.3 cm³/mol. The first kappa shape index (κ1) is 13.1. The quantitative estimate of drug-likeness (QED) is 0.857. The number of rotatable bonds is 3. The van der Waals surface area contributed by atoms with Gasteiger partial charge in [-0.15, -0.1) is 0 Å². The molecule has 0 fully saturated rings. The average Bonchev–Trinajstić information content (AvgIpc) is 2.32. The molecule has 2 aromatic carbocycles. The summed E-state index contributed by atoms with van der Waals surface area (Å²) in [5.74, 6) is -0.178. The smallest absolute Gasteiger partial charge is 0.128 e. The van der Waals surface area contributed by atoms with Crippen LogP contribution in [0.5, 0.6) is 0 Å². The van der Waals surface area contributed by atoms with Crippen molar-refractivity contribution >= 4 is 21.6 Å². The van der Waals surface area contributed by atoms with Crippen LogP contribution in [-0.4, -0.2) is 0 Å². The summed E-state index contributed by atoms with van der Waals surface area (Å²) in [7, 11) is 0. The molecule has 0 saturated carbocycles. The first-order valence-corrected chi connectivity index (χ1v) is 6.60. The summed E-state index contributed by atoms with van der Waals surface area (Å²) in [6.07, 6.45) is 0. The molecule has 0 aliphatic heterocycles. The summed E-state index contributed by atoms with van der Waals surface area (Å²) >= 11 is 3.53. The minimum absolute atomic E-state index is 0.178. The zero-order valence-corrected chi connectivity index (χ0v) is 12.0. The van der Waals surface area contributed by atoms with E-state index in [1.165, 1.54) is 11.6 Å². The Morgan fingerprint density at radius 2 is 1.89 bits per heavy atom. The van der Waals surface area contributed by atoms with Crippen LogP contribution in [0.1, 0.15) is 16.7 Å². The second-order valence-electron chi connectivity index (χ2n) is 4.41. The monoisotopic (exact) mass is 307 g/mol. The Morgan fingerprint density at radius 3 is 2.56 bits per heavy atom. The molecule has 1 N–H and O–H groups in total. The van der Waals surface area contributed by atoms with E-state index in [0.717, 1.165) is 15.7 Å². The first-order valence-electron chi connectivity index (χ1n) is 5.81. The lowest BCUT2D eigenvalue weighted by molar-refractivity contribution is 0.619. The van der Waals surface area contributed by atoms with E-state index in [-0.39, 0.29) is 5.82 Å². The number of benzene rings is 2. The van der Waals surface area contributed by atoms with Crippen molar-refractivity contribution in [1.82, 2.24) is 0 Å². The molecule has 94 valence electrons. The number of hydrogen-bond acceptors (Lipinski definition) is 1. The van der Waals surface area contributed by atoms with E-state index in [2.05, 4.69) is 46.4 Å². The van der Waals surface area contributed by atoms with Crippen molar-refractivity contribution < 1.29 is 4.39 Å². The molecule has 18 heavy (non-hydrogen) atoms. The number of halogens is 2. The maximum atomic E-state index is 13.4. The van der Waals surface area contributed by atoms with Gasteiger partial charge in [0.1, 0.15) is 5.82 Å². The van der Waals surface area contributed by atoms with Gasteiger partial charge in [0.05, 0.1) is 0 Å². The van der Waals surface area contributed by atoms with Crippen LogP contribution in [0, 0.1) is 19.7 Å². The molecular formula is C15H15BrFN. The summed E-state index contributed by atoms with van der Waals surface area (Å²) < 4.78 is 14.5. The van der Waals surface area contributed by atoms with Crippen molar-refractivity contribution in [2.24, 2.45) is 0 Å². The molecule has 0 bridgehead atoms. The molecule has 2 rings (SSSR count). The number of aryl methyl sites for hydroxylation is 2. The zero-order chi connectivity index (χ0) is 13.1. The maximum Gasteiger partial charge on any atom is 0.128 e. The highest BCUT2D eigenvalue weighted by molar-refractivity contribution is 9.10. The molecule has 2 aromatic rings. The van der Waals surface area contributed by atoms with Gasteiger partial charge in [-0.2, -0.15) is 0 Å². The molecule has 0 radical (unpaired) electrons. The Bertz CT molecular complexity index is 566. The van der Waals surface area contributed by atoms with Crippen molar-refractivity contribution in [2.75, 3.05) is 5.32 Å². The third kappa shape index (κ3) is 3.10. The highest BCUT2D eigenvalue weighted by Gasteiger charge is 2.02. The van der Waals surface area contributed by atoms with Crippen LogP contribution in [0.3, 0.4) is 0 Å². The highest BCUT2D eigenvalue weighted by atomic mass is 79.9. The highest BCUT2D eigenvalue weighted by Crippen LogP contribution is 2.20. The third-order valence-electron chi connectivity index (χ3n) is 2.86. The van der Waals surface area contributed by atoms with Crippen molar-refractivity contribution in [3.05, 3.63) is 63.4 Å². The summed E-state index contributed by atoms with van der Waals surface area (Å²) in [4.78, 5) is 0. The normalized spacial score (nSPS) is 10.4. The second-order valence-corrected chi connectivity index (χ2v) is 5.27. The zero-order valence-electron chi connectivity index (χ0n) is 10.4. The van der Waals surface area contributed by atoms with Gasteiger partial charge >= 0.3 is 0 Å². The third-order valence-corrected chi connectivity index (χ3v) is 3.60. The molecule has 0 heterocycles. The van der Waals surface area contributed by atoms with Gasteiger partial charge in [0.25, 0.3) is 0 Å². The van der Waals surface area contributed by atoms with Gasteiger partial charge in [0.15, 0.2) is 0 Å². The number of nitrogens with one attached hydrogen (secondary N) is 1. The average molecular weight is 308 g/mol. The molecule has 0 atom stereocenters. The molecule has 0 spiro atoms. The van der Waals surface area contributed by atoms with Crippen LogP contribution in [0.2, 0.25) is 0 Å². The molecule has 0 amide bonds. The van der Waals surface area contributed by atoms with Gasteiger partial charge in [-0.25, -0.2) is 4.39 Å². The fraction of sp³-hybridized carbons (Fsp3) is 0.200. The summed E-state index contributed by atoms with van der Waals surface area (Å²) in [6.45, 7) is 4.48. The standard InChI is InChI=1S/C15H15BrFN/c1-10-3-5-12(14(16)7-10)9-18-13-6-4-11(2)15(17)8-13/h3-8,18H,9H2,1-2H3. The van der Waals surface area contributed by atoms with Crippen molar-refractivity contribution in [3.8, 4) is 0 Å². The van der Waals surface area contributed by atoms with E-state index in [4.69, 9.17) is 0 Å². The van der Waals surface area contributed by atoms with Crippen molar-refractivity contribution in [1.29, 1.82) is 0 Å². The molecule has 0 aliphatic rings. The largest absolute Gasteiger partial charge is 0.381 e. The van der Waals surface area contributed by atoms with Crippen molar-refractivity contribution in [3.63, 3.8) is 0 Å². The van der Waals surface area contributed by atoms with Crippen LogP contribution < -0.4 is 5.32 Å². The van der Waals surface area contributed by atoms with E-state index in [9.17, 15) is 4.39 Å². The lowest BCUT2D eigenvalue weighted by Gasteiger charge is -2.09. The van der Waals surface area contributed by atoms with E-state index in [1.807, 2.05) is 6.07 Å². The minimum Gasteiger partial charge on any atom is -0.381 e. The van der Waals surface area contributed by atoms with Crippen LogP contribution in [0.4, 0.5) is 10.1 Å². The topological polar surface area (TPSA) is 12.0 Å². The van der Waals surface area contributed by atoms with Crippen molar-refractivity contribution in [2.45, 2.75) is 20.4 Å². The maximum absolute atomic E-state index is 13.4. The van der Waals surface area contributed by atoms with E-state index >= 15 is 0 Å². The van der Waals surface area contributed by atoms with Crippen LogP contribution in [0.25, 0.3) is 0 Å². The van der Waals surface area contributed by atoms with Gasteiger partial charge in [-0.3, -0.25) is 0 Å². The molecule has 0 aromatic heterocycles. The molecule has 1 nitrogen and oxygen atoms in total. The number of hydrogen-bond donors (Lipinski definition) is 1. The van der Waals surface area contributed by atoms with Gasteiger partial charge < -0.3 is 5.32 Å². The lowest BCUT2D eigenvalue weighted by Crippen LogP contribution is -2.01. The predicted octanol–water partition coefficient (Wildman–Crippen LogP) is 4.82. The van der Waals surface area contributed by atoms with Crippen LogP contribution in [0.15, 0.2) is 40.9 Å². The van der Waals surface area contributed by atoms with Gasteiger partial charge in [-0.05, 0) is 48.7 Å². The Balaban J connectivity index is 2.09. The second kappa shape index (κ2) is 5.53. The first-order chi connectivity index (χ1) is 8.56. The molecule has 0 unspecified atom stereocenters. The molecule has 0 saturated heterocycles. The summed E-state index contributed by atoms with van der Waals surface area (Å²) in [5, 5.41) is 3.22.